The van der Waals surface area contributed by atoms with Gasteiger partial charge in [0.05, 0.1) is 5.41 Å². The summed E-state index contributed by atoms with van der Waals surface area (Å²) in [4.78, 5) is 13.0. The van der Waals surface area contributed by atoms with Gasteiger partial charge < -0.3 is 0 Å². The van der Waals surface area contributed by atoms with Crippen LogP contribution in [0.4, 0.5) is 0 Å². The van der Waals surface area contributed by atoms with Gasteiger partial charge in [-0.2, -0.15) is 0 Å². The van der Waals surface area contributed by atoms with Gasteiger partial charge in [-0.25, -0.2) is 0 Å². The number of hydrogen-bond acceptors (Lipinski definition) is 1. The molecule has 0 aromatic heterocycles. The monoisotopic (exact) mass is 304 g/mol. The Kier molecular flexibility index (Phi) is 3.55. The predicted molar refractivity (Wildman–Crippen MR) is 96.7 cm³/mol. The maximum absolute atomic E-state index is 13.0. The second-order valence-corrected chi connectivity index (χ2v) is 7.70. The van der Waals surface area contributed by atoms with Crippen molar-refractivity contribution in [3.63, 3.8) is 0 Å². The molecule has 1 unspecified atom stereocenters. The van der Waals surface area contributed by atoms with Crippen molar-refractivity contribution in [2.75, 3.05) is 0 Å². The molecule has 2 aromatic rings. The Morgan fingerprint density at radius 3 is 2.13 bits per heavy atom. The number of fused-ring (bicyclic) bond motifs is 1. The summed E-state index contributed by atoms with van der Waals surface area (Å²) in [5.41, 5.74) is 4.93. The highest BCUT2D eigenvalue weighted by Crippen LogP contribution is 2.41. The van der Waals surface area contributed by atoms with Crippen LogP contribution in [0.15, 0.2) is 54.1 Å². The molecule has 0 bridgehead atoms. The van der Waals surface area contributed by atoms with E-state index in [0.29, 0.717) is 0 Å². The van der Waals surface area contributed by atoms with Crippen LogP contribution in [0.3, 0.4) is 0 Å². The van der Waals surface area contributed by atoms with E-state index >= 15 is 0 Å². The van der Waals surface area contributed by atoms with Crippen molar-refractivity contribution in [1.29, 1.82) is 0 Å². The molecule has 0 saturated heterocycles. The number of Topliss-reactive ketones (excluding diaryl/α,β-unsaturated/α-hetero) is 1. The van der Waals surface area contributed by atoms with Crippen LogP contribution in [0.25, 0.3) is 6.08 Å². The van der Waals surface area contributed by atoms with Gasteiger partial charge in [0.1, 0.15) is 0 Å². The van der Waals surface area contributed by atoms with Gasteiger partial charge in [0.15, 0.2) is 5.78 Å². The maximum Gasteiger partial charge on any atom is 0.173 e. The van der Waals surface area contributed by atoms with Gasteiger partial charge in [0.25, 0.3) is 0 Å². The minimum Gasteiger partial charge on any atom is -0.293 e. The second kappa shape index (κ2) is 5.19. The highest BCUT2D eigenvalue weighted by molar-refractivity contribution is 6.11. The minimum atomic E-state index is -0.605. The molecule has 3 rings (SSSR count). The predicted octanol–water partition coefficient (Wildman–Crippen LogP) is 5.28. The lowest BCUT2D eigenvalue weighted by molar-refractivity contribution is -0.119. The van der Waals surface area contributed by atoms with Crippen LogP contribution in [0.2, 0.25) is 0 Å². The fourth-order valence-electron chi connectivity index (χ4n) is 3.48. The van der Waals surface area contributed by atoms with Crippen LogP contribution in [0.1, 0.15) is 56.9 Å². The van der Waals surface area contributed by atoms with Crippen molar-refractivity contribution in [1.82, 2.24) is 0 Å². The third-order valence-electron chi connectivity index (χ3n) is 5.01. The smallest absolute Gasteiger partial charge is 0.173 e. The Bertz CT molecular complexity index is 787. The number of carbonyl (C=O) groups excluding carboxylic acids is 1. The van der Waals surface area contributed by atoms with Crippen molar-refractivity contribution in [3.05, 3.63) is 76.4 Å². The van der Waals surface area contributed by atoms with Crippen LogP contribution in [0.5, 0.6) is 0 Å². The van der Waals surface area contributed by atoms with E-state index in [1.165, 1.54) is 5.56 Å². The van der Waals surface area contributed by atoms with E-state index in [4.69, 9.17) is 0 Å². The van der Waals surface area contributed by atoms with Gasteiger partial charge in [0, 0.05) is 0 Å². The normalized spacial score (nSPS) is 20.9. The van der Waals surface area contributed by atoms with Gasteiger partial charge in [0.2, 0.25) is 0 Å². The summed E-state index contributed by atoms with van der Waals surface area (Å²) >= 11 is 0. The van der Waals surface area contributed by atoms with E-state index in [0.717, 1.165) is 22.3 Å². The van der Waals surface area contributed by atoms with E-state index in [1.807, 2.05) is 25.1 Å². The summed E-state index contributed by atoms with van der Waals surface area (Å²) in [5.74, 6) is 0.194. The summed E-state index contributed by atoms with van der Waals surface area (Å²) in [5, 5.41) is 0. The van der Waals surface area contributed by atoms with E-state index in [2.05, 4.69) is 64.1 Å². The quantitative estimate of drug-likeness (QED) is 0.701. The first-order valence-corrected chi connectivity index (χ1v) is 8.18. The van der Waals surface area contributed by atoms with Crippen LogP contribution >= 0.6 is 0 Å². The van der Waals surface area contributed by atoms with Gasteiger partial charge in [-0.15, -0.1) is 0 Å². The number of rotatable bonds is 1. The van der Waals surface area contributed by atoms with Crippen molar-refractivity contribution >= 4 is 11.9 Å². The molecule has 0 N–H and O–H groups in total. The zero-order valence-electron chi connectivity index (χ0n) is 14.6. The molecular weight excluding hydrogens is 280 g/mol. The maximum atomic E-state index is 13.0. The second-order valence-electron chi connectivity index (χ2n) is 7.70. The number of allylic oxidation sites excluding steroid dienone is 1. The summed E-state index contributed by atoms with van der Waals surface area (Å²) < 4.78 is 0. The zero-order chi connectivity index (χ0) is 16.8. The van der Waals surface area contributed by atoms with E-state index < -0.39 is 5.41 Å². The molecule has 1 aliphatic carbocycles. The lowest BCUT2D eigenvalue weighted by atomic mass is 9.66. The molecule has 23 heavy (non-hydrogen) atoms. The average Bonchev–Trinajstić information content (AvgIpc) is 2.52. The number of carbonyl (C=O) groups is 1. The molecule has 0 heterocycles. The molecular formula is C22H24O. The minimum absolute atomic E-state index is 0.115. The van der Waals surface area contributed by atoms with Crippen LogP contribution in [-0.4, -0.2) is 5.78 Å². The van der Waals surface area contributed by atoms with Crippen LogP contribution in [0, 0.1) is 0 Å². The Hall–Kier alpha value is -2.15. The molecule has 1 aliphatic rings. The summed E-state index contributed by atoms with van der Waals surface area (Å²) in [6.07, 6.45) is 2.00. The molecule has 1 atom stereocenters. The largest absolute Gasteiger partial charge is 0.293 e. The molecule has 1 heteroatoms. The van der Waals surface area contributed by atoms with Crippen LogP contribution < -0.4 is 0 Å². The van der Waals surface area contributed by atoms with Gasteiger partial charge in [-0.3, -0.25) is 4.79 Å². The fraction of sp³-hybridized carbons (Fsp3) is 0.318. The van der Waals surface area contributed by atoms with Gasteiger partial charge >= 0.3 is 0 Å². The van der Waals surface area contributed by atoms with Crippen molar-refractivity contribution in [2.45, 2.75) is 45.4 Å². The standard InChI is InChI=1S/C22H24O/c1-15-14-16-8-6-7-9-19(16)22(5,20(15)23)18-12-10-17(11-13-18)21(2,3)4/h6-14H,1-5H3. The van der Waals surface area contributed by atoms with E-state index in [-0.39, 0.29) is 11.2 Å². The molecule has 0 radical (unpaired) electrons. The first kappa shape index (κ1) is 15.7. The molecule has 0 aliphatic heterocycles. The molecule has 1 nitrogen and oxygen atoms in total. The molecule has 2 aromatic carbocycles. The number of ketones is 1. The molecule has 0 saturated carbocycles. The molecule has 0 fully saturated rings. The van der Waals surface area contributed by atoms with Crippen molar-refractivity contribution in [3.8, 4) is 0 Å². The van der Waals surface area contributed by atoms with E-state index in [1.54, 1.807) is 0 Å². The Labute approximate surface area is 139 Å². The molecule has 0 amide bonds. The fourth-order valence-corrected chi connectivity index (χ4v) is 3.48. The Morgan fingerprint density at radius 1 is 0.913 bits per heavy atom. The SMILES string of the molecule is CC1=Cc2ccccc2C(C)(c2ccc(C(C)(C)C)cc2)C1=O. The topological polar surface area (TPSA) is 17.1 Å². The highest BCUT2D eigenvalue weighted by atomic mass is 16.1. The van der Waals surface area contributed by atoms with Gasteiger partial charge in [-0.1, -0.05) is 69.3 Å². The van der Waals surface area contributed by atoms with Crippen LogP contribution in [-0.2, 0) is 15.6 Å². The molecule has 118 valence electrons. The lowest BCUT2D eigenvalue weighted by Crippen LogP contribution is -2.37. The molecule has 0 spiro atoms. The number of hydrogen-bond donors (Lipinski definition) is 0. The summed E-state index contributed by atoms with van der Waals surface area (Å²) in [6, 6.07) is 16.8. The van der Waals surface area contributed by atoms with Gasteiger partial charge in [-0.05, 0) is 53.2 Å². The Morgan fingerprint density at radius 2 is 1.52 bits per heavy atom. The first-order chi connectivity index (χ1) is 10.7. The third-order valence-corrected chi connectivity index (χ3v) is 5.01. The Balaban J connectivity index is 2.17. The first-order valence-electron chi connectivity index (χ1n) is 8.18. The number of benzene rings is 2. The van der Waals surface area contributed by atoms with Crippen molar-refractivity contribution < 1.29 is 4.79 Å². The average molecular weight is 304 g/mol. The lowest BCUT2D eigenvalue weighted by Gasteiger charge is -2.34. The summed E-state index contributed by atoms with van der Waals surface area (Å²) in [6.45, 7) is 10.6. The van der Waals surface area contributed by atoms with Crippen molar-refractivity contribution in [2.24, 2.45) is 0 Å². The third kappa shape index (κ3) is 2.45. The highest BCUT2D eigenvalue weighted by Gasteiger charge is 2.41. The zero-order valence-corrected chi connectivity index (χ0v) is 14.6. The summed E-state index contributed by atoms with van der Waals surface area (Å²) in [7, 11) is 0. The van der Waals surface area contributed by atoms with E-state index in [9.17, 15) is 4.79 Å².